The van der Waals surface area contributed by atoms with Gasteiger partial charge in [0.2, 0.25) is 0 Å². The van der Waals surface area contributed by atoms with Crippen LogP contribution in [0.2, 0.25) is 0 Å². The Labute approximate surface area is 169 Å². The van der Waals surface area contributed by atoms with Crippen LogP contribution < -0.4 is 15.3 Å². The Morgan fingerprint density at radius 3 is 2.89 bits per heavy atom. The second-order valence-electron chi connectivity index (χ2n) is 6.41. The first-order valence-electron chi connectivity index (χ1n) is 8.98. The summed E-state index contributed by atoms with van der Waals surface area (Å²) in [5, 5.41) is 0. The number of aliphatic imine (C=N–C) groups is 1. The monoisotopic (exact) mass is 430 g/mol. The molecule has 2 fully saturated rings. The third-order valence-corrected chi connectivity index (χ3v) is 6.89. The zero-order valence-electron chi connectivity index (χ0n) is 15.0. The lowest BCUT2D eigenvalue weighted by molar-refractivity contribution is 0.0589. The lowest BCUT2D eigenvalue weighted by atomic mass is 10.2. The predicted octanol–water partition coefficient (Wildman–Crippen LogP) is 2.47. The summed E-state index contributed by atoms with van der Waals surface area (Å²) in [5.41, 5.74) is 2.77. The van der Waals surface area contributed by atoms with Gasteiger partial charge in [0.05, 0.1) is 25.4 Å². The highest BCUT2D eigenvalue weighted by Crippen LogP contribution is 2.32. The number of nitrogens with one attached hydrogen (secondary N) is 1. The maximum Gasteiger partial charge on any atom is 0.414 e. The second kappa shape index (κ2) is 8.85. The van der Waals surface area contributed by atoms with Crippen LogP contribution in [-0.4, -0.2) is 67.4 Å². The first kappa shape index (κ1) is 19.7. The summed E-state index contributed by atoms with van der Waals surface area (Å²) in [6.07, 6.45) is -0.938. The van der Waals surface area contributed by atoms with Crippen LogP contribution in [0.4, 0.5) is 25.0 Å². The van der Waals surface area contributed by atoms with Crippen LogP contribution in [0, 0.1) is 11.6 Å². The van der Waals surface area contributed by atoms with E-state index in [1.807, 2.05) is 0 Å². The summed E-state index contributed by atoms with van der Waals surface area (Å²) < 4.78 is 35.8. The Hall–Kier alpha value is -1.56. The van der Waals surface area contributed by atoms with E-state index in [9.17, 15) is 13.6 Å². The molecule has 0 aromatic heterocycles. The number of halogens is 2. The highest BCUT2D eigenvalue weighted by atomic mass is 32.2. The van der Waals surface area contributed by atoms with E-state index in [0.717, 1.165) is 16.7 Å². The van der Waals surface area contributed by atoms with Gasteiger partial charge in [0.15, 0.2) is 11.6 Å². The van der Waals surface area contributed by atoms with Crippen molar-refractivity contribution in [2.24, 2.45) is 4.99 Å². The van der Waals surface area contributed by atoms with Crippen molar-refractivity contribution in [1.82, 2.24) is 5.48 Å². The van der Waals surface area contributed by atoms with Crippen molar-refractivity contribution in [3.05, 3.63) is 23.8 Å². The highest BCUT2D eigenvalue weighted by molar-refractivity contribution is 8.39. The minimum absolute atomic E-state index is 0.105. The molecule has 2 saturated heterocycles. The van der Waals surface area contributed by atoms with Gasteiger partial charge >= 0.3 is 6.09 Å². The Morgan fingerprint density at radius 1 is 1.32 bits per heavy atom. The van der Waals surface area contributed by atoms with Crippen LogP contribution in [0.5, 0.6) is 0 Å². The molecule has 4 rings (SSSR count). The standard InChI is InChI=1S/C17H20F2N4O3S2/c18-13-7-11(8-14(19)15(13)22-3-1-21-25-5-4-22)23-9-12(26-17(23)24)10-28-16-20-2-6-27-16/h7-8,12,21H,1-6,9-10H2/t12-/m1/s1. The quantitative estimate of drug-likeness (QED) is 0.787. The number of ether oxygens (including phenoxy) is 1. The lowest BCUT2D eigenvalue weighted by Crippen LogP contribution is -2.31. The SMILES string of the molecule is O=C1O[C@@H](CSC2=NCCS2)CN1c1cc(F)c(N2CCNOCC2)c(F)c1. The van der Waals surface area contributed by atoms with Gasteiger partial charge in [-0.2, -0.15) is 0 Å². The number of cyclic esters (lactones) is 1. The van der Waals surface area contributed by atoms with Crippen LogP contribution >= 0.6 is 23.5 Å². The van der Waals surface area contributed by atoms with Gasteiger partial charge in [-0.25, -0.2) is 19.1 Å². The van der Waals surface area contributed by atoms with Crippen molar-refractivity contribution in [3.8, 4) is 0 Å². The zero-order valence-corrected chi connectivity index (χ0v) is 16.7. The van der Waals surface area contributed by atoms with Crippen molar-refractivity contribution < 1.29 is 23.1 Å². The van der Waals surface area contributed by atoms with Crippen LogP contribution in [0.3, 0.4) is 0 Å². The Kier molecular flexibility index (Phi) is 6.24. The predicted molar refractivity (Wildman–Crippen MR) is 107 cm³/mol. The molecule has 0 spiro atoms. The molecule has 3 aliphatic rings. The van der Waals surface area contributed by atoms with Gasteiger partial charge in [0, 0.05) is 43.3 Å². The van der Waals surface area contributed by atoms with E-state index in [4.69, 9.17) is 9.57 Å². The summed E-state index contributed by atoms with van der Waals surface area (Å²) >= 11 is 3.23. The number of hydrogen-bond donors (Lipinski definition) is 1. The number of benzene rings is 1. The topological polar surface area (TPSA) is 66.4 Å². The second-order valence-corrected chi connectivity index (χ2v) is 8.76. The van der Waals surface area contributed by atoms with Gasteiger partial charge in [-0.3, -0.25) is 14.7 Å². The minimum Gasteiger partial charge on any atom is -0.443 e. The Bertz CT molecular complexity index is 752. The van der Waals surface area contributed by atoms with E-state index in [2.05, 4.69) is 10.5 Å². The van der Waals surface area contributed by atoms with Crippen molar-refractivity contribution in [3.63, 3.8) is 0 Å². The van der Waals surface area contributed by atoms with E-state index in [0.29, 0.717) is 32.0 Å². The summed E-state index contributed by atoms with van der Waals surface area (Å²) in [6, 6.07) is 2.37. The average Bonchev–Trinajstić information content (AvgIpc) is 3.23. The molecule has 7 nitrogen and oxygen atoms in total. The highest BCUT2D eigenvalue weighted by Gasteiger charge is 2.34. The van der Waals surface area contributed by atoms with E-state index < -0.39 is 17.7 Å². The van der Waals surface area contributed by atoms with E-state index in [-0.39, 0.29) is 24.0 Å². The largest absolute Gasteiger partial charge is 0.443 e. The number of carbonyl (C=O) groups excluding carboxylic acids is 1. The van der Waals surface area contributed by atoms with Gasteiger partial charge in [0.25, 0.3) is 0 Å². The lowest BCUT2D eigenvalue weighted by Gasteiger charge is -2.24. The van der Waals surface area contributed by atoms with Crippen molar-refractivity contribution >= 4 is 45.4 Å². The molecule has 0 radical (unpaired) electrons. The van der Waals surface area contributed by atoms with Gasteiger partial charge in [-0.1, -0.05) is 23.5 Å². The summed E-state index contributed by atoms with van der Waals surface area (Å²) in [5.74, 6) is 0.124. The molecule has 0 aliphatic carbocycles. The Morgan fingerprint density at radius 2 is 2.14 bits per heavy atom. The van der Waals surface area contributed by atoms with Crippen LogP contribution in [-0.2, 0) is 9.57 Å². The maximum atomic E-state index is 14.7. The van der Waals surface area contributed by atoms with Gasteiger partial charge in [-0.15, -0.1) is 0 Å². The van der Waals surface area contributed by atoms with E-state index in [1.165, 1.54) is 17.0 Å². The number of carbonyl (C=O) groups is 1. The fourth-order valence-electron chi connectivity index (χ4n) is 3.21. The van der Waals surface area contributed by atoms with Crippen LogP contribution in [0.25, 0.3) is 0 Å². The zero-order chi connectivity index (χ0) is 19.5. The molecule has 1 amide bonds. The van der Waals surface area contributed by atoms with Gasteiger partial charge < -0.3 is 9.64 Å². The van der Waals surface area contributed by atoms with E-state index in [1.54, 1.807) is 28.4 Å². The molecule has 1 aromatic rings. The first-order valence-corrected chi connectivity index (χ1v) is 11.0. The fraction of sp³-hybridized carbons (Fsp3) is 0.529. The Balaban J connectivity index is 1.45. The molecule has 0 unspecified atom stereocenters. The molecular formula is C17H20F2N4O3S2. The molecule has 28 heavy (non-hydrogen) atoms. The number of thioether (sulfide) groups is 2. The molecular weight excluding hydrogens is 410 g/mol. The summed E-state index contributed by atoms with van der Waals surface area (Å²) in [6.45, 7) is 2.63. The number of hydroxylamine groups is 1. The molecule has 1 N–H and O–H groups in total. The third-order valence-electron chi connectivity index (χ3n) is 4.50. The molecule has 3 heterocycles. The normalized spacial score (nSPS) is 23.0. The first-order chi connectivity index (χ1) is 13.6. The number of rotatable bonds is 4. The van der Waals surface area contributed by atoms with Crippen molar-refractivity contribution in [2.75, 3.05) is 60.6 Å². The summed E-state index contributed by atoms with van der Waals surface area (Å²) in [7, 11) is 0. The van der Waals surface area contributed by atoms with Crippen molar-refractivity contribution in [1.29, 1.82) is 0 Å². The van der Waals surface area contributed by atoms with Crippen LogP contribution in [0.1, 0.15) is 0 Å². The summed E-state index contributed by atoms with van der Waals surface area (Å²) in [4.78, 5) is 24.5. The van der Waals surface area contributed by atoms with Gasteiger partial charge in [0.1, 0.15) is 16.2 Å². The van der Waals surface area contributed by atoms with Crippen molar-refractivity contribution in [2.45, 2.75) is 6.10 Å². The fourth-order valence-corrected chi connectivity index (χ4v) is 5.22. The number of nitrogens with zero attached hydrogens (tertiary/aromatic N) is 3. The molecule has 11 heteroatoms. The molecule has 1 atom stereocenters. The van der Waals surface area contributed by atoms with Gasteiger partial charge in [-0.05, 0) is 0 Å². The molecule has 0 saturated carbocycles. The maximum absolute atomic E-state index is 14.7. The molecule has 152 valence electrons. The molecule has 1 aromatic carbocycles. The number of amides is 1. The minimum atomic E-state index is -0.709. The molecule has 3 aliphatic heterocycles. The number of hydrogen-bond acceptors (Lipinski definition) is 8. The molecule has 0 bridgehead atoms. The van der Waals surface area contributed by atoms with Crippen LogP contribution in [0.15, 0.2) is 17.1 Å². The third kappa shape index (κ3) is 4.37. The van der Waals surface area contributed by atoms with E-state index >= 15 is 0 Å². The number of anilines is 2. The smallest absolute Gasteiger partial charge is 0.414 e. The average molecular weight is 431 g/mol.